The Morgan fingerprint density at radius 1 is 1.08 bits per heavy atom. The Morgan fingerprint density at radius 3 is 2.12 bits per heavy atom. The average Bonchev–Trinajstić information content (AvgIpc) is 2.59. The van der Waals surface area contributed by atoms with Crippen LogP contribution < -0.4 is 5.32 Å². The van der Waals surface area contributed by atoms with E-state index in [-0.39, 0.29) is 12.2 Å². The number of ether oxygens (including phenoxy) is 1. The number of hydrogen-bond acceptors (Lipinski definition) is 4. The van der Waals surface area contributed by atoms with Gasteiger partial charge in [0.2, 0.25) is 0 Å². The Labute approximate surface area is 139 Å². The monoisotopic (exact) mass is 329 g/mol. The number of aliphatic hydroxyl groups is 1. The first-order valence-electron chi connectivity index (χ1n) is 7.42. The number of amides is 1. The van der Waals surface area contributed by atoms with E-state index in [1.54, 1.807) is 54.6 Å². The van der Waals surface area contributed by atoms with Crippen molar-refractivity contribution in [3.8, 4) is 0 Å². The molecule has 0 radical (unpaired) electrons. The summed E-state index contributed by atoms with van der Waals surface area (Å²) in [5.74, 6) is -2.12. The molecule has 0 fully saturated rings. The Bertz CT molecular complexity index is 687. The molecule has 0 heterocycles. The van der Waals surface area contributed by atoms with Gasteiger partial charge >= 0.3 is 5.97 Å². The van der Waals surface area contributed by atoms with Gasteiger partial charge in [-0.1, -0.05) is 48.5 Å². The van der Waals surface area contributed by atoms with Crippen LogP contribution in [0.25, 0.3) is 0 Å². The molecule has 126 valence electrons. The molecule has 0 unspecified atom stereocenters. The molecule has 0 bridgehead atoms. The first kappa shape index (κ1) is 17.7. The maximum absolute atomic E-state index is 12.3. The normalized spacial score (nSPS) is 14.4. The molecule has 0 aromatic heterocycles. The summed E-state index contributed by atoms with van der Waals surface area (Å²) in [6.45, 7) is 1.18. The first-order chi connectivity index (χ1) is 11.5. The molecule has 0 saturated heterocycles. The van der Waals surface area contributed by atoms with Gasteiger partial charge in [-0.3, -0.25) is 4.79 Å². The predicted molar refractivity (Wildman–Crippen MR) is 87.2 cm³/mol. The van der Waals surface area contributed by atoms with Gasteiger partial charge in [-0.25, -0.2) is 4.79 Å². The minimum Gasteiger partial charge on any atom is -0.478 e. The van der Waals surface area contributed by atoms with Gasteiger partial charge in [-0.2, -0.15) is 0 Å². The molecule has 2 aromatic rings. The van der Waals surface area contributed by atoms with Crippen LogP contribution in [0.1, 0.15) is 22.8 Å². The fraction of sp³-hybridized carbons (Fsp3) is 0.222. The van der Waals surface area contributed by atoms with Crippen molar-refractivity contribution in [3.63, 3.8) is 0 Å². The fourth-order valence-electron chi connectivity index (χ4n) is 2.16. The number of carboxylic acids is 1. The van der Waals surface area contributed by atoms with Gasteiger partial charge in [0.1, 0.15) is 6.10 Å². The third-order valence-corrected chi connectivity index (χ3v) is 3.55. The summed E-state index contributed by atoms with van der Waals surface area (Å²) >= 11 is 0. The second kappa shape index (κ2) is 7.72. The van der Waals surface area contributed by atoms with E-state index in [9.17, 15) is 19.8 Å². The Hall–Kier alpha value is -2.70. The van der Waals surface area contributed by atoms with Crippen LogP contribution in [0.5, 0.6) is 0 Å². The summed E-state index contributed by atoms with van der Waals surface area (Å²) in [5, 5.41) is 21.9. The highest BCUT2D eigenvalue weighted by atomic mass is 16.6. The van der Waals surface area contributed by atoms with E-state index in [0.717, 1.165) is 5.56 Å². The summed E-state index contributed by atoms with van der Waals surface area (Å²) in [6, 6.07) is 17.0. The van der Waals surface area contributed by atoms with E-state index in [4.69, 9.17) is 4.74 Å². The lowest BCUT2D eigenvalue weighted by Gasteiger charge is -2.33. The van der Waals surface area contributed by atoms with Gasteiger partial charge in [0, 0.05) is 5.56 Å². The average molecular weight is 329 g/mol. The molecule has 0 saturated carbocycles. The second-order valence-corrected chi connectivity index (χ2v) is 5.31. The zero-order chi connectivity index (χ0) is 17.6. The molecule has 0 spiro atoms. The van der Waals surface area contributed by atoms with Crippen molar-refractivity contribution in [3.05, 3.63) is 71.8 Å². The second-order valence-electron chi connectivity index (χ2n) is 5.31. The maximum atomic E-state index is 12.3. The van der Waals surface area contributed by atoms with Gasteiger partial charge in [0.05, 0.1) is 6.61 Å². The molecule has 6 nitrogen and oxygen atoms in total. The number of rotatable bonds is 7. The van der Waals surface area contributed by atoms with Crippen LogP contribution in [0.4, 0.5) is 0 Å². The van der Waals surface area contributed by atoms with Crippen molar-refractivity contribution < 1.29 is 24.5 Å². The number of carbonyl (C=O) groups excluding carboxylic acids is 1. The van der Waals surface area contributed by atoms with Crippen LogP contribution in [-0.4, -0.2) is 33.9 Å². The number of carbonyl (C=O) groups is 2. The number of hydrogen-bond donors (Lipinski definition) is 3. The van der Waals surface area contributed by atoms with E-state index in [0.29, 0.717) is 0 Å². The number of benzene rings is 2. The molecular formula is C18H19NO5. The summed E-state index contributed by atoms with van der Waals surface area (Å²) in [5.41, 5.74) is -1.26. The van der Waals surface area contributed by atoms with E-state index >= 15 is 0 Å². The summed E-state index contributed by atoms with van der Waals surface area (Å²) < 4.78 is 5.45. The minimum atomic E-state index is -2.25. The standard InChI is InChI=1S/C18H19NO5/c1-13(20)18(17(22)23,24-12-14-8-4-2-5-9-14)19-16(21)15-10-6-3-7-11-15/h2-11,13,20H,12H2,1H3,(H,19,21)(H,22,23)/t13-,18-/m1/s1. The van der Waals surface area contributed by atoms with Crippen LogP contribution in [0, 0.1) is 0 Å². The van der Waals surface area contributed by atoms with E-state index in [1.165, 1.54) is 6.92 Å². The summed E-state index contributed by atoms with van der Waals surface area (Å²) in [4.78, 5) is 24.1. The molecule has 0 aliphatic heterocycles. The summed E-state index contributed by atoms with van der Waals surface area (Å²) in [7, 11) is 0. The van der Waals surface area contributed by atoms with Gasteiger partial charge in [-0.05, 0) is 24.6 Å². The molecule has 0 aliphatic rings. The third-order valence-electron chi connectivity index (χ3n) is 3.55. The van der Waals surface area contributed by atoms with Crippen molar-refractivity contribution in [2.45, 2.75) is 25.4 Å². The van der Waals surface area contributed by atoms with Crippen molar-refractivity contribution >= 4 is 11.9 Å². The predicted octanol–water partition coefficient (Wildman–Crippen LogP) is 1.79. The van der Waals surface area contributed by atoms with Crippen LogP contribution in [-0.2, 0) is 16.1 Å². The lowest BCUT2D eigenvalue weighted by Crippen LogP contribution is -2.63. The molecule has 1 amide bonds. The van der Waals surface area contributed by atoms with E-state index in [1.807, 2.05) is 6.07 Å². The molecule has 24 heavy (non-hydrogen) atoms. The smallest absolute Gasteiger partial charge is 0.360 e. The van der Waals surface area contributed by atoms with Gasteiger partial charge in [0.25, 0.3) is 11.6 Å². The maximum Gasteiger partial charge on any atom is 0.360 e. The fourth-order valence-corrected chi connectivity index (χ4v) is 2.16. The van der Waals surface area contributed by atoms with Gasteiger partial charge in [0.15, 0.2) is 0 Å². The topological polar surface area (TPSA) is 95.9 Å². The zero-order valence-corrected chi connectivity index (χ0v) is 13.2. The van der Waals surface area contributed by atoms with Crippen molar-refractivity contribution in [1.82, 2.24) is 5.32 Å². The molecule has 2 aromatic carbocycles. The highest BCUT2D eigenvalue weighted by Crippen LogP contribution is 2.18. The first-order valence-corrected chi connectivity index (χ1v) is 7.42. The molecule has 3 N–H and O–H groups in total. The molecular weight excluding hydrogens is 310 g/mol. The Kier molecular flexibility index (Phi) is 5.68. The van der Waals surface area contributed by atoms with E-state index < -0.39 is 23.7 Å². The Morgan fingerprint density at radius 2 is 1.62 bits per heavy atom. The zero-order valence-electron chi connectivity index (χ0n) is 13.2. The molecule has 2 rings (SSSR count). The lowest BCUT2D eigenvalue weighted by atomic mass is 10.1. The van der Waals surface area contributed by atoms with Crippen molar-refractivity contribution in [2.75, 3.05) is 0 Å². The highest BCUT2D eigenvalue weighted by molar-refractivity contribution is 5.97. The largest absolute Gasteiger partial charge is 0.478 e. The molecule has 0 aliphatic carbocycles. The summed E-state index contributed by atoms with van der Waals surface area (Å²) in [6.07, 6.45) is -1.47. The lowest BCUT2D eigenvalue weighted by molar-refractivity contribution is -0.189. The number of carboxylic acid groups (broad SMARTS) is 1. The van der Waals surface area contributed by atoms with Crippen molar-refractivity contribution in [2.24, 2.45) is 0 Å². The molecule has 2 atom stereocenters. The van der Waals surface area contributed by atoms with Crippen LogP contribution in [0.3, 0.4) is 0 Å². The number of nitrogens with one attached hydrogen (secondary N) is 1. The van der Waals surface area contributed by atoms with Crippen LogP contribution >= 0.6 is 0 Å². The van der Waals surface area contributed by atoms with Crippen LogP contribution in [0.2, 0.25) is 0 Å². The van der Waals surface area contributed by atoms with Gasteiger partial charge < -0.3 is 20.3 Å². The quantitative estimate of drug-likeness (QED) is 0.673. The van der Waals surface area contributed by atoms with Crippen molar-refractivity contribution in [1.29, 1.82) is 0 Å². The third kappa shape index (κ3) is 3.98. The minimum absolute atomic E-state index is 0.0763. The molecule has 6 heteroatoms. The number of aliphatic hydroxyl groups excluding tert-OH is 1. The van der Waals surface area contributed by atoms with Gasteiger partial charge in [-0.15, -0.1) is 0 Å². The SMILES string of the molecule is C[C@@H](O)[C@@](NC(=O)c1ccccc1)(OCc1ccccc1)C(=O)O. The highest BCUT2D eigenvalue weighted by Gasteiger charge is 2.46. The Balaban J connectivity index is 2.23. The van der Waals surface area contributed by atoms with E-state index in [2.05, 4.69) is 5.32 Å². The van der Waals surface area contributed by atoms with Crippen LogP contribution in [0.15, 0.2) is 60.7 Å². The number of aliphatic carboxylic acids is 1.